The molecule has 1 aliphatic heterocycles. The third kappa shape index (κ3) is 4.35. The van der Waals surface area contributed by atoms with Gasteiger partial charge in [0, 0.05) is 25.0 Å². The minimum Gasteiger partial charge on any atom is -0.474 e. The number of carbonyl (C=O) groups is 1. The number of aromatic nitrogens is 4. The number of hydrogen-bond acceptors (Lipinski definition) is 6. The SMILES string of the molecule is C#C[C@]1(c2cn3cc(C(=O)Nc4cccn([C@@H]5C[C@@H]5F)c4=O)c(OC(C)C)nc3n2)CCC(C)OC1. The molecule has 1 amide bonds. The second-order valence-electron chi connectivity index (χ2n) is 9.75. The van der Waals surface area contributed by atoms with E-state index < -0.39 is 29.1 Å². The molecule has 4 atom stereocenters. The fourth-order valence-corrected chi connectivity index (χ4v) is 4.38. The summed E-state index contributed by atoms with van der Waals surface area (Å²) in [6.07, 6.45) is 11.4. The van der Waals surface area contributed by atoms with Crippen molar-refractivity contribution in [3.05, 3.63) is 52.3 Å². The van der Waals surface area contributed by atoms with Crippen LogP contribution in [0.3, 0.4) is 0 Å². The van der Waals surface area contributed by atoms with Gasteiger partial charge in [0.2, 0.25) is 11.7 Å². The fourth-order valence-electron chi connectivity index (χ4n) is 4.38. The molecule has 36 heavy (non-hydrogen) atoms. The average molecular weight is 494 g/mol. The van der Waals surface area contributed by atoms with Gasteiger partial charge >= 0.3 is 0 Å². The number of fused-ring (bicyclic) bond motifs is 1. The van der Waals surface area contributed by atoms with Gasteiger partial charge in [0.25, 0.3) is 11.5 Å². The van der Waals surface area contributed by atoms with Crippen molar-refractivity contribution in [2.75, 3.05) is 11.9 Å². The van der Waals surface area contributed by atoms with Crippen molar-refractivity contribution < 1.29 is 18.7 Å². The van der Waals surface area contributed by atoms with Gasteiger partial charge in [0.05, 0.1) is 36.0 Å². The molecule has 1 unspecified atom stereocenters. The minimum absolute atomic E-state index is 0.0447. The van der Waals surface area contributed by atoms with Crippen LogP contribution < -0.4 is 15.6 Å². The van der Waals surface area contributed by atoms with Crippen LogP contribution in [0.4, 0.5) is 10.1 Å². The van der Waals surface area contributed by atoms with E-state index in [-0.39, 0.29) is 35.8 Å². The Kier molecular flexibility index (Phi) is 6.04. The number of carbonyl (C=O) groups excluding carboxylic acids is 1. The van der Waals surface area contributed by atoms with Gasteiger partial charge in [-0.2, -0.15) is 4.98 Å². The number of imidazole rings is 1. The van der Waals surface area contributed by atoms with Crippen molar-refractivity contribution in [2.24, 2.45) is 0 Å². The maximum atomic E-state index is 13.5. The van der Waals surface area contributed by atoms with Crippen LogP contribution in [-0.2, 0) is 10.2 Å². The van der Waals surface area contributed by atoms with Gasteiger partial charge in [-0.05, 0) is 45.7 Å². The number of alkyl halides is 1. The lowest BCUT2D eigenvalue weighted by Gasteiger charge is -2.33. The van der Waals surface area contributed by atoms with Crippen LogP contribution in [-0.4, -0.2) is 49.8 Å². The number of rotatable bonds is 6. The van der Waals surface area contributed by atoms with Gasteiger partial charge in [-0.1, -0.05) is 5.92 Å². The van der Waals surface area contributed by atoms with Gasteiger partial charge in [-0.3, -0.25) is 14.0 Å². The van der Waals surface area contributed by atoms with E-state index in [2.05, 4.69) is 21.2 Å². The third-order valence-electron chi connectivity index (χ3n) is 6.62. The van der Waals surface area contributed by atoms with E-state index in [4.69, 9.17) is 15.9 Å². The molecule has 4 heterocycles. The van der Waals surface area contributed by atoms with Crippen molar-refractivity contribution in [3.8, 4) is 18.2 Å². The van der Waals surface area contributed by atoms with E-state index in [9.17, 15) is 14.0 Å². The predicted molar refractivity (Wildman–Crippen MR) is 131 cm³/mol. The predicted octanol–water partition coefficient (Wildman–Crippen LogP) is 3.28. The van der Waals surface area contributed by atoms with E-state index in [1.54, 1.807) is 22.9 Å². The lowest BCUT2D eigenvalue weighted by molar-refractivity contribution is -0.00419. The Morgan fingerprint density at radius 1 is 1.39 bits per heavy atom. The molecule has 1 saturated carbocycles. The van der Waals surface area contributed by atoms with Crippen molar-refractivity contribution in [1.82, 2.24) is 18.9 Å². The molecule has 10 heteroatoms. The summed E-state index contributed by atoms with van der Waals surface area (Å²) in [7, 11) is 0. The van der Waals surface area contributed by atoms with Crippen LogP contribution in [0.25, 0.3) is 5.78 Å². The normalized spacial score (nSPS) is 25.5. The summed E-state index contributed by atoms with van der Waals surface area (Å²) in [4.78, 5) is 35.2. The van der Waals surface area contributed by atoms with E-state index in [0.29, 0.717) is 18.1 Å². The maximum absolute atomic E-state index is 13.5. The highest BCUT2D eigenvalue weighted by Gasteiger charge is 2.40. The minimum atomic E-state index is -1.05. The molecule has 0 aromatic carbocycles. The van der Waals surface area contributed by atoms with Crippen LogP contribution in [0.15, 0.2) is 35.5 Å². The Morgan fingerprint density at radius 2 is 2.17 bits per heavy atom. The van der Waals surface area contributed by atoms with Gasteiger partial charge in [-0.15, -0.1) is 6.42 Å². The van der Waals surface area contributed by atoms with Crippen LogP contribution in [0.2, 0.25) is 0 Å². The first-order valence-corrected chi connectivity index (χ1v) is 12.0. The monoisotopic (exact) mass is 493 g/mol. The summed E-state index contributed by atoms with van der Waals surface area (Å²) < 4.78 is 28.1. The average Bonchev–Trinajstić information content (AvgIpc) is 3.41. The van der Waals surface area contributed by atoms with E-state index in [1.165, 1.54) is 16.8 Å². The summed E-state index contributed by atoms with van der Waals surface area (Å²) in [5, 5.41) is 2.64. The number of nitrogens with one attached hydrogen (secondary N) is 1. The maximum Gasteiger partial charge on any atom is 0.274 e. The summed E-state index contributed by atoms with van der Waals surface area (Å²) in [5.41, 5.74) is -0.359. The van der Waals surface area contributed by atoms with Crippen molar-refractivity contribution in [1.29, 1.82) is 0 Å². The topological polar surface area (TPSA) is 99.8 Å². The molecule has 1 aliphatic carbocycles. The third-order valence-corrected chi connectivity index (χ3v) is 6.62. The standard InChI is InChI=1S/C26H28FN5O4/c1-5-26(9-8-16(4)35-14-26)21-13-31-12-17(23(36-15(2)3)30-25(31)29-21)22(33)28-19-7-6-10-32(24(19)34)20-11-18(20)27/h1,6-7,10,12-13,15-16,18,20H,8-9,11,14H2,2-4H3,(H,28,33)/t16?,18-,20+,26-/m0/s1. The first-order chi connectivity index (χ1) is 17.2. The molecule has 2 fully saturated rings. The van der Waals surface area contributed by atoms with Crippen LogP contribution in [0.1, 0.15) is 62.1 Å². The molecular formula is C26H28FN5O4. The lowest BCUT2D eigenvalue weighted by Crippen LogP contribution is -2.38. The number of anilines is 1. The van der Waals surface area contributed by atoms with E-state index >= 15 is 0 Å². The molecule has 2 aliphatic rings. The highest BCUT2D eigenvalue weighted by Crippen LogP contribution is 2.38. The fraction of sp³-hybridized carbons (Fsp3) is 0.462. The van der Waals surface area contributed by atoms with Crippen molar-refractivity contribution in [3.63, 3.8) is 0 Å². The molecule has 9 nitrogen and oxygen atoms in total. The molecule has 3 aromatic rings. The lowest BCUT2D eigenvalue weighted by atomic mass is 9.79. The summed E-state index contributed by atoms with van der Waals surface area (Å²) >= 11 is 0. The highest BCUT2D eigenvalue weighted by atomic mass is 19.1. The number of amides is 1. The Morgan fingerprint density at radius 3 is 2.81 bits per heavy atom. The second kappa shape index (κ2) is 9.06. The Bertz CT molecular complexity index is 1410. The summed E-state index contributed by atoms with van der Waals surface area (Å²) in [6.45, 7) is 5.99. The zero-order chi connectivity index (χ0) is 25.6. The zero-order valence-electron chi connectivity index (χ0n) is 20.4. The Labute approximate surface area is 207 Å². The van der Waals surface area contributed by atoms with Crippen molar-refractivity contribution in [2.45, 2.75) is 69.9 Å². The number of nitrogens with zero attached hydrogens (tertiary/aromatic N) is 4. The quantitative estimate of drug-likeness (QED) is 0.529. The van der Waals surface area contributed by atoms with Crippen molar-refractivity contribution >= 4 is 17.4 Å². The highest BCUT2D eigenvalue weighted by molar-refractivity contribution is 6.05. The summed E-state index contributed by atoms with van der Waals surface area (Å²) in [6, 6.07) is 2.59. The van der Waals surface area contributed by atoms with Crippen LogP contribution in [0, 0.1) is 12.3 Å². The zero-order valence-corrected chi connectivity index (χ0v) is 20.4. The van der Waals surface area contributed by atoms with E-state index in [1.807, 2.05) is 20.8 Å². The number of hydrogen-bond donors (Lipinski definition) is 1. The number of ether oxygens (including phenoxy) is 2. The molecule has 0 radical (unpaired) electrons. The molecular weight excluding hydrogens is 465 g/mol. The molecule has 0 bridgehead atoms. The molecule has 3 aromatic heterocycles. The first kappa shape index (κ1) is 24.0. The van der Waals surface area contributed by atoms with E-state index in [0.717, 1.165) is 12.8 Å². The van der Waals surface area contributed by atoms with Gasteiger partial charge in [-0.25, -0.2) is 9.37 Å². The van der Waals surface area contributed by atoms with Gasteiger partial charge < -0.3 is 19.4 Å². The molecule has 188 valence electrons. The second-order valence-corrected chi connectivity index (χ2v) is 9.75. The molecule has 0 spiro atoms. The van der Waals surface area contributed by atoms with Crippen LogP contribution >= 0.6 is 0 Å². The van der Waals surface area contributed by atoms with Crippen LogP contribution in [0.5, 0.6) is 5.88 Å². The smallest absolute Gasteiger partial charge is 0.274 e. The Balaban J connectivity index is 1.51. The first-order valence-electron chi connectivity index (χ1n) is 12.0. The largest absolute Gasteiger partial charge is 0.474 e. The van der Waals surface area contributed by atoms with Gasteiger partial charge in [0.15, 0.2) is 0 Å². The number of terminal acetylenes is 1. The molecule has 1 saturated heterocycles. The summed E-state index contributed by atoms with van der Waals surface area (Å²) in [5.74, 6) is 2.68. The Hall–Kier alpha value is -3.71. The number of pyridine rings is 1. The molecule has 1 N–H and O–H groups in total. The number of halogens is 1. The molecule has 5 rings (SSSR count). The van der Waals surface area contributed by atoms with Gasteiger partial charge in [0.1, 0.15) is 17.4 Å².